The van der Waals surface area contributed by atoms with Crippen molar-refractivity contribution in [3.05, 3.63) is 11.3 Å². The Kier molecular flexibility index (Phi) is 16.6. The number of aliphatic hydroxyl groups excluding tert-OH is 9. The summed E-state index contributed by atoms with van der Waals surface area (Å²) >= 11 is 0. The van der Waals surface area contributed by atoms with Gasteiger partial charge in [-0.05, 0) is 13.3 Å². The zero-order chi connectivity index (χ0) is 34.7. The van der Waals surface area contributed by atoms with Crippen LogP contribution in [0.3, 0.4) is 0 Å². The van der Waals surface area contributed by atoms with Crippen LogP contribution in [0.1, 0.15) is 34.1 Å². The van der Waals surface area contributed by atoms with Gasteiger partial charge in [0, 0.05) is 25.0 Å². The number of hydrogen-bond acceptors (Lipinski definition) is 16. The highest BCUT2D eigenvalue weighted by Crippen LogP contribution is 2.34. The van der Waals surface area contributed by atoms with Crippen molar-refractivity contribution < 1.29 is 79.2 Å². The van der Waals surface area contributed by atoms with E-state index in [-0.39, 0.29) is 25.0 Å². The average molecular weight is 671 g/mol. The zero-order valence-corrected chi connectivity index (χ0v) is 26.3. The van der Waals surface area contributed by atoms with Crippen LogP contribution in [0, 0.1) is 5.92 Å². The number of amides is 2. The van der Waals surface area contributed by atoms with Gasteiger partial charge < -0.3 is 80.3 Å². The monoisotopic (exact) mass is 670 g/mol. The second kappa shape index (κ2) is 19.1. The fourth-order valence-electron chi connectivity index (χ4n) is 4.88. The Morgan fingerprint density at radius 2 is 1.61 bits per heavy atom. The maximum Gasteiger partial charge on any atom is 0.222 e. The highest BCUT2D eigenvalue weighted by molar-refractivity contribution is 5.77. The zero-order valence-electron chi connectivity index (χ0n) is 26.3. The Balaban J connectivity index is 2.27. The normalized spacial score (nSPS) is 33.2. The predicted molar refractivity (Wildman–Crippen MR) is 154 cm³/mol. The van der Waals surface area contributed by atoms with Gasteiger partial charge in [-0.25, -0.2) is 0 Å². The molecule has 18 nitrogen and oxygen atoms in total. The molecular weight excluding hydrogens is 620 g/mol. The minimum Gasteiger partial charge on any atom is -0.487 e. The number of carbonyl (C=O) groups is 2. The molecule has 2 aliphatic heterocycles. The lowest BCUT2D eigenvalue weighted by molar-refractivity contribution is -0.329. The minimum atomic E-state index is -1.98. The van der Waals surface area contributed by atoms with Crippen molar-refractivity contribution in [3.8, 4) is 0 Å². The molecule has 2 saturated heterocycles. The van der Waals surface area contributed by atoms with Crippen LogP contribution >= 0.6 is 0 Å². The molecule has 2 fully saturated rings. The van der Waals surface area contributed by atoms with E-state index in [1.165, 1.54) is 13.8 Å². The van der Waals surface area contributed by atoms with E-state index in [9.17, 15) is 55.5 Å². The smallest absolute Gasteiger partial charge is 0.222 e. The Hall–Kier alpha value is -2.04. The van der Waals surface area contributed by atoms with Crippen molar-refractivity contribution in [2.24, 2.45) is 5.92 Å². The van der Waals surface area contributed by atoms with Crippen LogP contribution in [0.15, 0.2) is 11.3 Å². The van der Waals surface area contributed by atoms with Gasteiger partial charge >= 0.3 is 0 Å². The molecule has 11 N–H and O–H groups in total. The molecule has 0 aliphatic carbocycles. The molecule has 0 bridgehead atoms. The molecule has 268 valence electrons. The van der Waals surface area contributed by atoms with Gasteiger partial charge in [0.1, 0.15) is 60.6 Å². The minimum absolute atomic E-state index is 0.0374. The molecule has 18 heteroatoms. The molecule has 0 radical (unpaired) electrons. The van der Waals surface area contributed by atoms with E-state index in [0.29, 0.717) is 6.42 Å². The van der Waals surface area contributed by atoms with Crippen LogP contribution in [0.25, 0.3) is 0 Å². The molecule has 9 unspecified atom stereocenters. The number of rotatable bonds is 17. The van der Waals surface area contributed by atoms with Crippen molar-refractivity contribution in [2.75, 3.05) is 39.6 Å². The lowest BCUT2D eigenvalue weighted by Gasteiger charge is -2.47. The van der Waals surface area contributed by atoms with Gasteiger partial charge in [0.25, 0.3) is 0 Å². The third-order valence-electron chi connectivity index (χ3n) is 7.43. The van der Waals surface area contributed by atoms with Gasteiger partial charge in [-0.3, -0.25) is 9.59 Å². The summed E-state index contributed by atoms with van der Waals surface area (Å²) in [7, 11) is 0. The van der Waals surface area contributed by atoms with Crippen LogP contribution in [0.2, 0.25) is 0 Å². The molecule has 2 rings (SSSR count). The first kappa shape index (κ1) is 40.1. The van der Waals surface area contributed by atoms with Gasteiger partial charge in [0.15, 0.2) is 12.6 Å². The molecule has 2 heterocycles. The third-order valence-corrected chi connectivity index (χ3v) is 7.43. The Morgan fingerprint density at radius 1 is 0.935 bits per heavy atom. The van der Waals surface area contributed by atoms with E-state index < -0.39 is 117 Å². The summed E-state index contributed by atoms with van der Waals surface area (Å²) in [5, 5.41) is 98.1. The van der Waals surface area contributed by atoms with Crippen LogP contribution in [-0.2, 0) is 33.3 Å². The fourth-order valence-corrected chi connectivity index (χ4v) is 4.88. The van der Waals surface area contributed by atoms with Crippen molar-refractivity contribution in [2.45, 2.75) is 108 Å². The molecule has 12 atom stereocenters. The summed E-state index contributed by atoms with van der Waals surface area (Å²) < 4.78 is 28.4. The molecule has 46 heavy (non-hydrogen) atoms. The largest absolute Gasteiger partial charge is 0.487 e. The van der Waals surface area contributed by atoms with Crippen LogP contribution in [0.4, 0.5) is 0 Å². The Labute approximate surface area is 266 Å². The molecule has 0 spiro atoms. The highest BCUT2D eigenvalue weighted by atomic mass is 16.7. The van der Waals surface area contributed by atoms with Crippen molar-refractivity contribution in [1.82, 2.24) is 10.6 Å². The second-order valence-corrected chi connectivity index (χ2v) is 11.4. The lowest BCUT2D eigenvalue weighted by atomic mass is 9.92. The second-order valence-electron chi connectivity index (χ2n) is 11.4. The number of carbonyl (C=O) groups excluding carboxylic acids is 2. The van der Waals surface area contributed by atoms with E-state index in [2.05, 4.69) is 10.6 Å². The Morgan fingerprint density at radius 3 is 2.13 bits per heavy atom. The molecule has 0 aromatic heterocycles. The summed E-state index contributed by atoms with van der Waals surface area (Å²) in [5.41, 5.74) is -0.413. The van der Waals surface area contributed by atoms with E-state index in [1.54, 1.807) is 13.8 Å². The Bertz CT molecular complexity index is 979. The van der Waals surface area contributed by atoms with Crippen LogP contribution in [0.5, 0.6) is 0 Å². The standard InChI is InChI=1S/C28H50N2O16/c1-12(2)26(41)29-6-5-7-42-27-20(30-14(4)36)22(39)25(18(11-34)45-27)46-28-23(40)21(38)19(17(10-33)44-28)24(15(37)8-31)43-16(9-32)13(3)35/h12-13,15-18,20-23,25,27-28,31-35,37-40H,5-11H2,1-4H3,(H,29,41)(H,30,36)/b24-19+/t13-,15+,16?,17?,18?,20?,21-,22?,23?,25?,27?,28?/m1/s1. The lowest BCUT2D eigenvalue weighted by Crippen LogP contribution is -2.67. The predicted octanol–water partition coefficient (Wildman–Crippen LogP) is -5.06. The van der Waals surface area contributed by atoms with Gasteiger partial charge in [-0.15, -0.1) is 0 Å². The molecular formula is C28H50N2O16. The quantitative estimate of drug-likeness (QED) is 0.0510. The molecule has 2 aliphatic rings. The summed E-state index contributed by atoms with van der Waals surface area (Å²) in [4.78, 5) is 23.7. The van der Waals surface area contributed by atoms with Gasteiger partial charge in [0.2, 0.25) is 11.8 Å². The topological polar surface area (TPSA) is 286 Å². The van der Waals surface area contributed by atoms with Crippen molar-refractivity contribution in [3.63, 3.8) is 0 Å². The first-order valence-electron chi connectivity index (χ1n) is 15.1. The molecule has 0 aromatic rings. The summed E-state index contributed by atoms with van der Waals surface area (Å²) in [6, 6.07) is -1.25. The van der Waals surface area contributed by atoms with E-state index in [4.69, 9.17) is 23.7 Å². The molecule has 0 saturated carbocycles. The number of ether oxygens (including phenoxy) is 5. The van der Waals surface area contributed by atoms with E-state index in [0.717, 1.165) is 0 Å². The number of hydrogen-bond donors (Lipinski definition) is 11. The van der Waals surface area contributed by atoms with Gasteiger partial charge in [0.05, 0.1) is 39.1 Å². The van der Waals surface area contributed by atoms with Crippen LogP contribution in [-0.4, -0.2) is 171 Å². The first-order chi connectivity index (χ1) is 21.7. The highest BCUT2D eigenvalue weighted by Gasteiger charge is 2.51. The van der Waals surface area contributed by atoms with E-state index in [1.807, 2.05) is 0 Å². The third kappa shape index (κ3) is 10.5. The maximum atomic E-state index is 12.0. The number of nitrogens with one attached hydrogen (secondary N) is 2. The summed E-state index contributed by atoms with van der Waals surface area (Å²) in [6.45, 7) is 2.98. The summed E-state index contributed by atoms with van der Waals surface area (Å²) in [5.74, 6) is -1.50. The maximum absolute atomic E-state index is 12.0. The summed E-state index contributed by atoms with van der Waals surface area (Å²) in [6.07, 6.45) is -17.1. The number of aliphatic hydroxyl groups is 9. The van der Waals surface area contributed by atoms with Crippen LogP contribution < -0.4 is 10.6 Å². The average Bonchev–Trinajstić information content (AvgIpc) is 3.01. The van der Waals surface area contributed by atoms with Crippen molar-refractivity contribution in [1.29, 1.82) is 0 Å². The van der Waals surface area contributed by atoms with Crippen molar-refractivity contribution >= 4 is 11.8 Å². The van der Waals surface area contributed by atoms with E-state index >= 15 is 0 Å². The van der Waals surface area contributed by atoms with Gasteiger partial charge in [-0.2, -0.15) is 0 Å². The molecule has 0 aromatic carbocycles. The first-order valence-corrected chi connectivity index (χ1v) is 15.1. The SMILES string of the molecule is CC(=O)NC1C(OCCCNC(=O)C(C)C)OC(CO)C(OC2OC(CO)/C(=C(\OC(CO)[C@@H](C)O)[C@@H](O)CO)[C@@H](O)C2O)C1O. The fraction of sp³-hybridized carbons (Fsp3) is 0.857. The molecule has 2 amide bonds. The van der Waals surface area contributed by atoms with Gasteiger partial charge in [-0.1, -0.05) is 13.8 Å².